The zero-order valence-corrected chi connectivity index (χ0v) is 11.7. The van der Waals surface area contributed by atoms with E-state index in [2.05, 4.69) is 19.2 Å². The number of aromatic carboxylic acids is 1. The molecular formula is C16H19NO3. The highest BCUT2D eigenvalue weighted by molar-refractivity contribution is 5.95. The van der Waals surface area contributed by atoms with Crippen LogP contribution in [0.1, 0.15) is 34.6 Å². The second-order valence-electron chi connectivity index (χ2n) is 4.20. The Bertz CT molecular complexity index is 591. The molecule has 2 rings (SSSR count). The van der Waals surface area contributed by atoms with Crippen molar-refractivity contribution in [3.63, 3.8) is 0 Å². The molecule has 0 unspecified atom stereocenters. The molecule has 0 saturated heterocycles. The second-order valence-corrected chi connectivity index (χ2v) is 4.20. The lowest BCUT2D eigenvalue weighted by molar-refractivity contribution is 0.0697. The van der Waals surface area contributed by atoms with Crippen molar-refractivity contribution in [1.82, 2.24) is 5.32 Å². The minimum atomic E-state index is -0.948. The number of rotatable bonds is 4. The molecule has 4 heteroatoms. The summed E-state index contributed by atoms with van der Waals surface area (Å²) in [7, 11) is 0. The molecule has 0 radical (unpaired) electrons. The molecule has 0 spiro atoms. The predicted molar refractivity (Wildman–Crippen MR) is 80.5 cm³/mol. The normalized spacial score (nSPS) is 9.70. The quantitative estimate of drug-likeness (QED) is 0.840. The summed E-state index contributed by atoms with van der Waals surface area (Å²) >= 11 is 0. The van der Waals surface area contributed by atoms with Crippen molar-refractivity contribution in [2.45, 2.75) is 13.8 Å². The average molecular weight is 273 g/mol. The molecule has 0 aliphatic heterocycles. The van der Waals surface area contributed by atoms with E-state index in [0.29, 0.717) is 5.56 Å². The molecule has 2 N–H and O–H groups in total. The number of fused-ring (bicyclic) bond motifs is 1. The summed E-state index contributed by atoms with van der Waals surface area (Å²) in [4.78, 5) is 21.2. The van der Waals surface area contributed by atoms with Crippen LogP contribution in [0, 0.1) is 0 Å². The predicted octanol–water partition coefficient (Wildman–Crippen LogP) is 2.97. The Morgan fingerprint density at radius 2 is 1.70 bits per heavy atom. The van der Waals surface area contributed by atoms with Crippen LogP contribution in [0.25, 0.3) is 10.8 Å². The molecule has 0 aliphatic carbocycles. The van der Waals surface area contributed by atoms with E-state index in [1.807, 2.05) is 0 Å². The molecule has 0 atom stereocenters. The zero-order chi connectivity index (χ0) is 15.0. The number of hydrogen-bond acceptors (Lipinski definition) is 3. The molecular weight excluding hydrogens is 254 g/mol. The summed E-state index contributed by atoms with van der Waals surface area (Å²) in [6.07, 6.45) is 0.768. The highest BCUT2D eigenvalue weighted by Crippen LogP contribution is 2.17. The summed E-state index contributed by atoms with van der Waals surface area (Å²) in [5, 5.41) is 13.6. The van der Waals surface area contributed by atoms with Crippen molar-refractivity contribution < 1.29 is 14.7 Å². The minimum Gasteiger partial charge on any atom is -0.478 e. The Kier molecular flexibility index (Phi) is 6.40. The number of nitrogens with one attached hydrogen (secondary N) is 1. The number of carbonyl (C=O) groups excluding carboxylic acids is 1. The first-order valence-electron chi connectivity index (χ1n) is 6.55. The van der Waals surface area contributed by atoms with Gasteiger partial charge in [0.05, 0.1) is 5.56 Å². The number of carbonyl (C=O) groups is 2. The number of carboxylic acids is 1. The Morgan fingerprint density at radius 1 is 1.10 bits per heavy atom. The standard InChI is InChI=1S/C12H8O3.C4H11N/c13-7-8-1-2-10-6-11(12(14)15)4-3-9(10)5-8;1-3-5-4-2/h1-7H,(H,14,15);5H,3-4H2,1-2H3. The summed E-state index contributed by atoms with van der Waals surface area (Å²) in [6, 6.07) is 9.96. The minimum absolute atomic E-state index is 0.251. The molecule has 20 heavy (non-hydrogen) atoms. The molecule has 0 bridgehead atoms. The first-order valence-corrected chi connectivity index (χ1v) is 6.55. The summed E-state index contributed by atoms with van der Waals surface area (Å²) in [5.41, 5.74) is 0.840. The second kappa shape index (κ2) is 8.07. The van der Waals surface area contributed by atoms with Crippen LogP contribution in [0.4, 0.5) is 0 Å². The topological polar surface area (TPSA) is 66.4 Å². The van der Waals surface area contributed by atoms with Gasteiger partial charge in [-0.3, -0.25) is 4.79 Å². The van der Waals surface area contributed by atoms with Gasteiger partial charge < -0.3 is 10.4 Å². The van der Waals surface area contributed by atoms with Gasteiger partial charge in [-0.05, 0) is 42.1 Å². The van der Waals surface area contributed by atoms with Crippen LogP contribution in [0.3, 0.4) is 0 Å². The molecule has 0 fully saturated rings. The lowest BCUT2D eigenvalue weighted by atomic mass is 10.0. The molecule has 0 aliphatic rings. The van der Waals surface area contributed by atoms with Crippen molar-refractivity contribution in [3.8, 4) is 0 Å². The van der Waals surface area contributed by atoms with Crippen molar-refractivity contribution in [3.05, 3.63) is 47.5 Å². The fourth-order valence-electron chi connectivity index (χ4n) is 1.72. The molecule has 0 aromatic heterocycles. The highest BCUT2D eigenvalue weighted by atomic mass is 16.4. The van der Waals surface area contributed by atoms with Gasteiger partial charge in [-0.25, -0.2) is 4.79 Å². The van der Waals surface area contributed by atoms with Gasteiger partial charge in [-0.15, -0.1) is 0 Å². The molecule has 2 aromatic rings. The maximum atomic E-state index is 10.7. The van der Waals surface area contributed by atoms with Crippen LogP contribution in [0.2, 0.25) is 0 Å². The Hall–Kier alpha value is -2.20. The fraction of sp³-hybridized carbons (Fsp3) is 0.250. The SMILES string of the molecule is CCNCC.O=Cc1ccc2cc(C(=O)O)ccc2c1. The third-order valence-electron chi connectivity index (χ3n) is 2.75. The zero-order valence-electron chi connectivity index (χ0n) is 11.7. The number of hydrogen-bond donors (Lipinski definition) is 2. The third kappa shape index (κ3) is 4.48. The van der Waals surface area contributed by atoms with E-state index >= 15 is 0 Å². The summed E-state index contributed by atoms with van der Waals surface area (Å²) in [6.45, 7) is 6.39. The van der Waals surface area contributed by atoms with Gasteiger partial charge >= 0.3 is 5.97 Å². The van der Waals surface area contributed by atoms with Gasteiger partial charge in [0.2, 0.25) is 0 Å². The smallest absolute Gasteiger partial charge is 0.335 e. The maximum Gasteiger partial charge on any atom is 0.335 e. The van der Waals surface area contributed by atoms with Gasteiger partial charge in [0, 0.05) is 5.56 Å². The highest BCUT2D eigenvalue weighted by Gasteiger charge is 2.03. The van der Waals surface area contributed by atoms with E-state index in [9.17, 15) is 9.59 Å². The van der Waals surface area contributed by atoms with Gasteiger partial charge in [0.15, 0.2) is 0 Å². The molecule has 4 nitrogen and oxygen atoms in total. The van der Waals surface area contributed by atoms with E-state index < -0.39 is 5.97 Å². The van der Waals surface area contributed by atoms with Crippen molar-refractivity contribution in [2.24, 2.45) is 0 Å². The van der Waals surface area contributed by atoms with Gasteiger partial charge in [-0.2, -0.15) is 0 Å². The van der Waals surface area contributed by atoms with Crippen molar-refractivity contribution in [2.75, 3.05) is 13.1 Å². The Balaban J connectivity index is 0.000000347. The number of aldehydes is 1. The van der Waals surface area contributed by atoms with E-state index in [0.717, 1.165) is 30.1 Å². The molecule has 0 saturated carbocycles. The molecule has 0 heterocycles. The average Bonchev–Trinajstić information content (AvgIpc) is 2.47. The first kappa shape index (κ1) is 15.9. The lowest BCUT2D eigenvalue weighted by Gasteiger charge is -2.00. The lowest BCUT2D eigenvalue weighted by Crippen LogP contribution is -2.09. The third-order valence-corrected chi connectivity index (χ3v) is 2.75. The maximum absolute atomic E-state index is 10.7. The van der Waals surface area contributed by atoms with Gasteiger partial charge in [0.25, 0.3) is 0 Å². The van der Waals surface area contributed by atoms with E-state index in [1.54, 1.807) is 30.3 Å². The summed E-state index contributed by atoms with van der Waals surface area (Å²) in [5.74, 6) is -0.948. The van der Waals surface area contributed by atoms with Gasteiger partial charge in [0.1, 0.15) is 6.29 Å². The van der Waals surface area contributed by atoms with E-state index in [4.69, 9.17) is 5.11 Å². The first-order chi connectivity index (χ1) is 9.62. The summed E-state index contributed by atoms with van der Waals surface area (Å²) < 4.78 is 0. The molecule has 2 aromatic carbocycles. The Morgan fingerprint density at radius 3 is 2.20 bits per heavy atom. The van der Waals surface area contributed by atoms with Crippen molar-refractivity contribution >= 4 is 23.0 Å². The van der Waals surface area contributed by atoms with Crippen LogP contribution in [-0.4, -0.2) is 30.5 Å². The van der Waals surface area contributed by atoms with Crippen LogP contribution >= 0.6 is 0 Å². The molecule has 0 amide bonds. The monoisotopic (exact) mass is 273 g/mol. The van der Waals surface area contributed by atoms with Crippen LogP contribution < -0.4 is 5.32 Å². The number of benzene rings is 2. The molecule has 106 valence electrons. The van der Waals surface area contributed by atoms with E-state index in [1.165, 1.54) is 6.07 Å². The van der Waals surface area contributed by atoms with Crippen molar-refractivity contribution in [1.29, 1.82) is 0 Å². The van der Waals surface area contributed by atoms with Crippen LogP contribution in [-0.2, 0) is 0 Å². The number of carboxylic acid groups (broad SMARTS) is 1. The van der Waals surface area contributed by atoms with Crippen LogP contribution in [0.5, 0.6) is 0 Å². The largest absolute Gasteiger partial charge is 0.478 e. The fourth-order valence-corrected chi connectivity index (χ4v) is 1.72. The Labute approximate surface area is 118 Å². The van der Waals surface area contributed by atoms with Crippen LogP contribution in [0.15, 0.2) is 36.4 Å². The van der Waals surface area contributed by atoms with Gasteiger partial charge in [-0.1, -0.05) is 32.0 Å². The van der Waals surface area contributed by atoms with E-state index in [-0.39, 0.29) is 5.56 Å².